The average molecular weight is 263 g/mol. The molecule has 0 bridgehead atoms. The molecule has 19 heavy (non-hydrogen) atoms. The zero-order valence-electron chi connectivity index (χ0n) is 11.6. The second-order valence-corrected chi connectivity index (χ2v) is 4.90. The largest absolute Gasteiger partial charge is 0.496 e. The van der Waals surface area contributed by atoms with E-state index in [9.17, 15) is 4.79 Å². The van der Waals surface area contributed by atoms with Crippen LogP contribution in [0.5, 0.6) is 5.75 Å². The Morgan fingerprint density at radius 2 is 2.26 bits per heavy atom. The predicted octanol–water partition coefficient (Wildman–Crippen LogP) is 1.88. The second kappa shape index (κ2) is 6.57. The van der Waals surface area contributed by atoms with Crippen molar-refractivity contribution in [3.63, 3.8) is 0 Å². The molecule has 4 nitrogen and oxygen atoms in total. The van der Waals surface area contributed by atoms with Crippen LogP contribution in [0.3, 0.4) is 0 Å². The third-order valence-electron chi connectivity index (χ3n) is 3.46. The van der Waals surface area contributed by atoms with E-state index in [-0.39, 0.29) is 12.0 Å². The number of likely N-dealkylation sites (N-methyl/N-ethyl adjacent to an activating group) is 1. The van der Waals surface area contributed by atoms with E-state index in [2.05, 4.69) is 0 Å². The minimum Gasteiger partial charge on any atom is -0.496 e. The van der Waals surface area contributed by atoms with Crippen molar-refractivity contribution in [2.24, 2.45) is 0 Å². The molecule has 1 heterocycles. The fraction of sp³-hybridized carbons (Fsp3) is 0.533. The van der Waals surface area contributed by atoms with E-state index in [0.29, 0.717) is 13.0 Å². The summed E-state index contributed by atoms with van der Waals surface area (Å²) in [6.07, 6.45) is 2.71. The molecule has 1 aromatic carbocycles. The van der Waals surface area contributed by atoms with Crippen LogP contribution < -0.4 is 4.74 Å². The van der Waals surface area contributed by atoms with Crippen LogP contribution in [0.15, 0.2) is 24.3 Å². The Kier molecular flexibility index (Phi) is 4.80. The summed E-state index contributed by atoms with van der Waals surface area (Å²) in [6.45, 7) is 1.49. The Balaban J connectivity index is 1.92. The summed E-state index contributed by atoms with van der Waals surface area (Å²) in [7, 11) is 3.46. The van der Waals surface area contributed by atoms with Gasteiger partial charge in [-0.05, 0) is 18.9 Å². The fourth-order valence-corrected chi connectivity index (χ4v) is 2.34. The van der Waals surface area contributed by atoms with Gasteiger partial charge in [0.05, 0.1) is 19.6 Å². The summed E-state index contributed by atoms with van der Waals surface area (Å²) in [5.41, 5.74) is 0.925. The van der Waals surface area contributed by atoms with E-state index in [4.69, 9.17) is 9.47 Å². The van der Waals surface area contributed by atoms with Gasteiger partial charge in [0.25, 0.3) is 0 Å². The highest BCUT2D eigenvalue weighted by molar-refractivity contribution is 5.79. The van der Waals surface area contributed by atoms with Gasteiger partial charge < -0.3 is 14.4 Å². The number of rotatable bonds is 5. The molecule has 4 heteroatoms. The molecule has 1 atom stereocenters. The summed E-state index contributed by atoms with van der Waals surface area (Å²) in [6, 6.07) is 7.63. The number of hydrogen-bond acceptors (Lipinski definition) is 3. The van der Waals surface area contributed by atoms with Crippen LogP contribution in [0.4, 0.5) is 0 Å². The van der Waals surface area contributed by atoms with Crippen molar-refractivity contribution >= 4 is 5.91 Å². The lowest BCUT2D eigenvalue weighted by molar-refractivity contribution is -0.130. The van der Waals surface area contributed by atoms with Crippen LogP contribution in [-0.2, 0) is 16.0 Å². The Labute approximate surface area is 114 Å². The normalized spacial score (nSPS) is 18.3. The topological polar surface area (TPSA) is 38.8 Å². The van der Waals surface area contributed by atoms with E-state index in [0.717, 1.165) is 30.8 Å². The number of carbonyl (C=O) groups excluding carboxylic acids is 1. The van der Waals surface area contributed by atoms with Crippen LogP contribution in [0.25, 0.3) is 0 Å². The quantitative estimate of drug-likeness (QED) is 0.814. The Hall–Kier alpha value is -1.55. The number of hydrogen-bond donors (Lipinski definition) is 0. The SMILES string of the molecule is COc1ccccc1CC(=O)N(C)CC1CCCO1. The van der Waals surface area contributed by atoms with E-state index in [1.165, 1.54) is 0 Å². The van der Waals surface area contributed by atoms with Gasteiger partial charge in [-0.15, -0.1) is 0 Å². The highest BCUT2D eigenvalue weighted by Gasteiger charge is 2.20. The van der Waals surface area contributed by atoms with Gasteiger partial charge in [0.2, 0.25) is 5.91 Å². The first-order chi connectivity index (χ1) is 9.20. The summed E-state index contributed by atoms with van der Waals surface area (Å²) in [5, 5.41) is 0. The first kappa shape index (κ1) is 13.9. The highest BCUT2D eigenvalue weighted by Crippen LogP contribution is 2.19. The monoisotopic (exact) mass is 263 g/mol. The fourth-order valence-electron chi connectivity index (χ4n) is 2.34. The van der Waals surface area contributed by atoms with Gasteiger partial charge in [0, 0.05) is 25.8 Å². The molecule has 1 unspecified atom stereocenters. The molecule has 1 aromatic rings. The van der Waals surface area contributed by atoms with E-state index >= 15 is 0 Å². The predicted molar refractivity (Wildman–Crippen MR) is 73.3 cm³/mol. The van der Waals surface area contributed by atoms with Crippen molar-refractivity contribution in [2.45, 2.75) is 25.4 Å². The smallest absolute Gasteiger partial charge is 0.226 e. The molecular formula is C15H21NO3. The lowest BCUT2D eigenvalue weighted by Crippen LogP contribution is -2.35. The van der Waals surface area contributed by atoms with Crippen molar-refractivity contribution in [1.29, 1.82) is 0 Å². The van der Waals surface area contributed by atoms with Gasteiger partial charge in [-0.2, -0.15) is 0 Å². The van der Waals surface area contributed by atoms with Gasteiger partial charge in [0.1, 0.15) is 5.75 Å². The van der Waals surface area contributed by atoms with E-state index < -0.39 is 0 Å². The maximum absolute atomic E-state index is 12.2. The molecule has 1 fully saturated rings. The zero-order chi connectivity index (χ0) is 13.7. The second-order valence-electron chi connectivity index (χ2n) is 4.90. The van der Waals surface area contributed by atoms with Crippen LogP contribution in [0.2, 0.25) is 0 Å². The molecule has 0 aromatic heterocycles. The summed E-state index contributed by atoms with van der Waals surface area (Å²) >= 11 is 0. The van der Waals surface area contributed by atoms with Gasteiger partial charge >= 0.3 is 0 Å². The Bertz CT molecular complexity index is 427. The number of para-hydroxylation sites is 1. The molecule has 0 saturated carbocycles. The van der Waals surface area contributed by atoms with Crippen molar-refractivity contribution in [1.82, 2.24) is 4.90 Å². The van der Waals surface area contributed by atoms with E-state index in [1.807, 2.05) is 31.3 Å². The number of amides is 1. The van der Waals surface area contributed by atoms with Crippen LogP contribution in [-0.4, -0.2) is 44.2 Å². The molecule has 0 N–H and O–H groups in total. The standard InChI is InChI=1S/C15H21NO3/c1-16(11-13-7-5-9-19-13)15(17)10-12-6-3-4-8-14(12)18-2/h3-4,6,8,13H,5,7,9-11H2,1-2H3. The first-order valence-corrected chi connectivity index (χ1v) is 6.68. The molecule has 0 spiro atoms. The van der Waals surface area contributed by atoms with Gasteiger partial charge in [0.15, 0.2) is 0 Å². The van der Waals surface area contributed by atoms with Crippen LogP contribution in [0, 0.1) is 0 Å². The maximum atomic E-state index is 12.2. The van der Waals surface area contributed by atoms with Gasteiger partial charge in [-0.25, -0.2) is 0 Å². The Morgan fingerprint density at radius 1 is 1.47 bits per heavy atom. The van der Waals surface area contributed by atoms with Crippen LogP contribution in [0.1, 0.15) is 18.4 Å². The number of ether oxygens (including phenoxy) is 2. The number of carbonyl (C=O) groups is 1. The third-order valence-corrected chi connectivity index (χ3v) is 3.46. The lowest BCUT2D eigenvalue weighted by atomic mass is 10.1. The molecule has 0 aliphatic carbocycles. The maximum Gasteiger partial charge on any atom is 0.226 e. The van der Waals surface area contributed by atoms with Crippen molar-refractivity contribution in [3.05, 3.63) is 29.8 Å². The van der Waals surface area contributed by atoms with Crippen molar-refractivity contribution < 1.29 is 14.3 Å². The molecule has 2 rings (SSSR count). The first-order valence-electron chi connectivity index (χ1n) is 6.68. The number of benzene rings is 1. The molecule has 1 saturated heterocycles. The minimum absolute atomic E-state index is 0.0972. The summed E-state index contributed by atoms with van der Waals surface area (Å²) in [5.74, 6) is 0.862. The third kappa shape index (κ3) is 3.70. The summed E-state index contributed by atoms with van der Waals surface area (Å²) in [4.78, 5) is 13.9. The Morgan fingerprint density at radius 3 is 2.95 bits per heavy atom. The van der Waals surface area contributed by atoms with Crippen molar-refractivity contribution in [2.75, 3.05) is 27.3 Å². The van der Waals surface area contributed by atoms with Gasteiger partial charge in [-0.3, -0.25) is 4.79 Å². The molecule has 0 radical (unpaired) electrons. The van der Waals surface area contributed by atoms with Gasteiger partial charge in [-0.1, -0.05) is 18.2 Å². The number of nitrogens with zero attached hydrogens (tertiary/aromatic N) is 1. The average Bonchev–Trinajstić information content (AvgIpc) is 2.92. The van der Waals surface area contributed by atoms with Crippen LogP contribution >= 0.6 is 0 Å². The molecule has 1 aliphatic rings. The molecule has 104 valence electrons. The van der Waals surface area contributed by atoms with E-state index in [1.54, 1.807) is 12.0 Å². The lowest BCUT2D eigenvalue weighted by Gasteiger charge is -2.21. The molecule has 1 amide bonds. The minimum atomic E-state index is 0.0972. The number of methoxy groups -OCH3 is 1. The highest BCUT2D eigenvalue weighted by atomic mass is 16.5. The van der Waals surface area contributed by atoms with Crippen molar-refractivity contribution in [3.8, 4) is 5.75 Å². The molecular weight excluding hydrogens is 242 g/mol. The molecule has 1 aliphatic heterocycles. The summed E-state index contributed by atoms with van der Waals surface area (Å²) < 4.78 is 10.8. The zero-order valence-corrected chi connectivity index (χ0v) is 11.6.